The summed E-state index contributed by atoms with van der Waals surface area (Å²) in [6.45, 7) is 0.794. The second kappa shape index (κ2) is 8.06. The number of halogens is 2. The molecule has 5 nitrogen and oxygen atoms in total. The van der Waals surface area contributed by atoms with E-state index in [1.54, 1.807) is 24.3 Å². The van der Waals surface area contributed by atoms with E-state index < -0.39 is 23.8 Å². The van der Waals surface area contributed by atoms with Crippen LogP contribution in [-0.4, -0.2) is 40.1 Å². The third-order valence-corrected chi connectivity index (χ3v) is 5.18. The molecule has 1 aliphatic heterocycles. The number of rotatable bonds is 4. The van der Waals surface area contributed by atoms with Crippen LogP contribution < -0.4 is 0 Å². The minimum absolute atomic E-state index is 0.00513. The van der Waals surface area contributed by atoms with Crippen LogP contribution in [0, 0.1) is 11.7 Å². The van der Waals surface area contributed by atoms with E-state index in [0.717, 1.165) is 11.6 Å². The molecule has 3 rings (SSSR count). The number of aliphatic hydroxyl groups excluding tert-OH is 1. The van der Waals surface area contributed by atoms with Crippen molar-refractivity contribution in [2.45, 2.75) is 18.9 Å². The highest BCUT2D eigenvalue weighted by Gasteiger charge is 2.29. The normalized spacial score (nSPS) is 16.2. The number of aliphatic hydroxyl groups is 1. The van der Waals surface area contributed by atoms with E-state index in [9.17, 15) is 19.1 Å². The first-order valence-corrected chi connectivity index (χ1v) is 9.00. The number of aromatic carboxylic acids is 1. The van der Waals surface area contributed by atoms with Crippen LogP contribution >= 0.6 is 11.6 Å². The molecule has 1 amide bonds. The maximum atomic E-state index is 14.1. The minimum Gasteiger partial charge on any atom is -0.478 e. The highest BCUT2D eigenvalue weighted by atomic mass is 35.5. The van der Waals surface area contributed by atoms with Crippen LogP contribution in [0.25, 0.3) is 0 Å². The van der Waals surface area contributed by atoms with E-state index in [0.29, 0.717) is 31.0 Å². The van der Waals surface area contributed by atoms with Crippen LogP contribution in [0.1, 0.15) is 45.2 Å². The van der Waals surface area contributed by atoms with Gasteiger partial charge in [-0.25, -0.2) is 9.18 Å². The van der Waals surface area contributed by atoms with Crippen molar-refractivity contribution in [3.8, 4) is 0 Å². The molecule has 7 heteroatoms. The molecular weight excluding hydrogens is 373 g/mol. The number of hydrogen-bond donors (Lipinski definition) is 2. The van der Waals surface area contributed by atoms with Crippen molar-refractivity contribution >= 4 is 23.5 Å². The Morgan fingerprint density at radius 2 is 1.74 bits per heavy atom. The van der Waals surface area contributed by atoms with E-state index in [-0.39, 0.29) is 17.0 Å². The first-order chi connectivity index (χ1) is 12.9. The molecule has 1 unspecified atom stereocenters. The molecule has 27 heavy (non-hydrogen) atoms. The molecule has 0 aromatic heterocycles. The van der Waals surface area contributed by atoms with Gasteiger partial charge in [-0.3, -0.25) is 4.79 Å². The number of piperidine rings is 1. The lowest BCUT2D eigenvalue weighted by Gasteiger charge is -2.34. The van der Waals surface area contributed by atoms with Gasteiger partial charge in [-0.2, -0.15) is 0 Å². The summed E-state index contributed by atoms with van der Waals surface area (Å²) in [5.41, 5.74) is 0.435. The number of benzene rings is 2. The Hall–Kier alpha value is -2.44. The predicted molar refractivity (Wildman–Crippen MR) is 98.4 cm³/mol. The van der Waals surface area contributed by atoms with Crippen LogP contribution in [0.15, 0.2) is 42.5 Å². The fourth-order valence-corrected chi connectivity index (χ4v) is 3.47. The number of carbonyl (C=O) groups excluding carboxylic acids is 1. The molecule has 1 aliphatic rings. The fourth-order valence-electron chi connectivity index (χ4n) is 3.34. The quantitative estimate of drug-likeness (QED) is 0.831. The van der Waals surface area contributed by atoms with E-state index in [4.69, 9.17) is 16.7 Å². The highest BCUT2D eigenvalue weighted by Crippen LogP contribution is 2.31. The van der Waals surface area contributed by atoms with Crippen molar-refractivity contribution in [2.24, 2.45) is 5.92 Å². The summed E-state index contributed by atoms with van der Waals surface area (Å²) in [6, 6.07) is 10.3. The standard InChI is InChI=1S/C20H19ClFNO4/c21-15-4-1-12(2-5-15)18(24)13-7-9-23(10-8-13)19(25)16-6-3-14(20(26)27)11-17(16)22/h1-6,11,13,18,24H,7-10H2,(H,26,27). The van der Waals surface area contributed by atoms with Crippen molar-refractivity contribution in [1.29, 1.82) is 0 Å². The molecule has 1 heterocycles. The first kappa shape index (κ1) is 19.3. The van der Waals surface area contributed by atoms with Gasteiger partial charge in [-0.15, -0.1) is 0 Å². The Kier molecular flexibility index (Phi) is 5.77. The molecule has 1 saturated heterocycles. The summed E-state index contributed by atoms with van der Waals surface area (Å²) in [5.74, 6) is -2.56. The number of amides is 1. The maximum Gasteiger partial charge on any atom is 0.335 e. The summed E-state index contributed by atoms with van der Waals surface area (Å²) < 4.78 is 14.1. The first-order valence-electron chi connectivity index (χ1n) is 8.62. The topological polar surface area (TPSA) is 77.8 Å². The van der Waals surface area contributed by atoms with E-state index >= 15 is 0 Å². The smallest absolute Gasteiger partial charge is 0.335 e. The van der Waals surface area contributed by atoms with Crippen LogP contribution in [0.2, 0.25) is 5.02 Å². The Balaban J connectivity index is 1.64. The lowest BCUT2D eigenvalue weighted by molar-refractivity contribution is 0.0459. The summed E-state index contributed by atoms with van der Waals surface area (Å²) >= 11 is 5.87. The molecule has 1 fully saturated rings. The summed E-state index contributed by atoms with van der Waals surface area (Å²) in [5, 5.41) is 20.0. The summed E-state index contributed by atoms with van der Waals surface area (Å²) in [6.07, 6.45) is 0.528. The minimum atomic E-state index is -1.25. The number of nitrogens with zero attached hydrogens (tertiary/aromatic N) is 1. The van der Waals surface area contributed by atoms with Gasteiger partial charge < -0.3 is 15.1 Å². The predicted octanol–water partition coefficient (Wildman–Crippen LogP) is 3.76. The highest BCUT2D eigenvalue weighted by molar-refractivity contribution is 6.30. The van der Waals surface area contributed by atoms with Gasteiger partial charge in [0, 0.05) is 18.1 Å². The monoisotopic (exact) mass is 391 g/mol. The van der Waals surface area contributed by atoms with Crippen LogP contribution in [0.5, 0.6) is 0 Å². The van der Waals surface area contributed by atoms with Gasteiger partial charge in [0.05, 0.1) is 17.2 Å². The fraction of sp³-hybridized carbons (Fsp3) is 0.300. The summed E-state index contributed by atoms with van der Waals surface area (Å²) in [7, 11) is 0. The molecule has 0 radical (unpaired) electrons. The van der Waals surface area contributed by atoms with Crippen molar-refractivity contribution in [2.75, 3.05) is 13.1 Å². The lowest BCUT2D eigenvalue weighted by atomic mass is 9.87. The number of carbonyl (C=O) groups is 2. The molecule has 142 valence electrons. The van der Waals surface area contributed by atoms with E-state index in [1.165, 1.54) is 17.0 Å². The Bertz CT molecular complexity index is 848. The maximum absolute atomic E-state index is 14.1. The van der Waals surface area contributed by atoms with Crippen LogP contribution in [0.4, 0.5) is 4.39 Å². The molecule has 0 bridgehead atoms. The molecule has 0 aliphatic carbocycles. The second-order valence-corrected chi connectivity index (χ2v) is 7.06. The van der Waals surface area contributed by atoms with Gasteiger partial charge in [-0.05, 0) is 54.7 Å². The second-order valence-electron chi connectivity index (χ2n) is 6.63. The van der Waals surface area contributed by atoms with Gasteiger partial charge in [-0.1, -0.05) is 23.7 Å². The zero-order valence-corrected chi connectivity index (χ0v) is 15.2. The number of likely N-dealkylation sites (tertiary alicyclic amines) is 1. The molecule has 2 aromatic carbocycles. The van der Waals surface area contributed by atoms with Crippen molar-refractivity contribution in [3.05, 3.63) is 70.0 Å². The largest absolute Gasteiger partial charge is 0.478 e. The van der Waals surface area contributed by atoms with Gasteiger partial charge in [0.2, 0.25) is 0 Å². The van der Waals surface area contributed by atoms with Crippen molar-refractivity contribution in [3.63, 3.8) is 0 Å². The Morgan fingerprint density at radius 1 is 1.11 bits per heavy atom. The van der Waals surface area contributed by atoms with Crippen LogP contribution in [-0.2, 0) is 0 Å². The molecule has 2 N–H and O–H groups in total. The zero-order valence-electron chi connectivity index (χ0n) is 14.4. The number of hydrogen-bond acceptors (Lipinski definition) is 3. The molecule has 0 spiro atoms. The SMILES string of the molecule is O=C(O)c1ccc(C(=O)N2CCC(C(O)c3ccc(Cl)cc3)CC2)c(F)c1. The average Bonchev–Trinajstić information content (AvgIpc) is 2.67. The number of carboxylic acids is 1. The van der Waals surface area contributed by atoms with Crippen molar-refractivity contribution < 1.29 is 24.2 Å². The molecular formula is C20H19ClFNO4. The van der Waals surface area contributed by atoms with Gasteiger partial charge >= 0.3 is 5.97 Å². The Morgan fingerprint density at radius 3 is 2.30 bits per heavy atom. The summed E-state index contributed by atoms with van der Waals surface area (Å²) in [4.78, 5) is 25.0. The van der Waals surface area contributed by atoms with Crippen molar-refractivity contribution in [1.82, 2.24) is 4.90 Å². The van der Waals surface area contributed by atoms with E-state index in [2.05, 4.69) is 0 Å². The average molecular weight is 392 g/mol. The molecule has 1 atom stereocenters. The van der Waals surface area contributed by atoms with E-state index in [1.807, 2.05) is 0 Å². The van der Waals surface area contributed by atoms with Gasteiger partial charge in [0.25, 0.3) is 5.91 Å². The molecule has 2 aromatic rings. The molecule has 0 saturated carbocycles. The third-order valence-electron chi connectivity index (χ3n) is 4.93. The third kappa shape index (κ3) is 4.28. The van der Waals surface area contributed by atoms with Gasteiger partial charge in [0.15, 0.2) is 0 Å². The number of carboxylic acid groups (broad SMARTS) is 1. The Labute approximate surface area is 161 Å². The zero-order chi connectivity index (χ0) is 19.6. The lowest BCUT2D eigenvalue weighted by Crippen LogP contribution is -2.40. The van der Waals surface area contributed by atoms with Crippen LogP contribution in [0.3, 0.4) is 0 Å². The van der Waals surface area contributed by atoms with Gasteiger partial charge in [0.1, 0.15) is 5.82 Å².